The van der Waals surface area contributed by atoms with E-state index >= 15 is 0 Å². The van der Waals surface area contributed by atoms with Crippen molar-refractivity contribution in [2.45, 2.75) is 25.4 Å². The molecule has 2 heterocycles. The van der Waals surface area contributed by atoms with E-state index in [9.17, 15) is 8.42 Å². The maximum atomic E-state index is 13.1. The van der Waals surface area contributed by atoms with E-state index in [1.165, 1.54) is 22.9 Å². The number of piperazine rings is 1. The molecule has 8 nitrogen and oxygen atoms in total. The van der Waals surface area contributed by atoms with E-state index in [4.69, 9.17) is 21.4 Å². The predicted octanol–water partition coefficient (Wildman–Crippen LogP) is 5.17. The Morgan fingerprint density at radius 2 is 1.73 bits per heavy atom. The summed E-state index contributed by atoms with van der Waals surface area (Å²) in [5, 5.41) is 0. The Balaban J connectivity index is 1.34. The molecule has 0 amide bonds. The van der Waals surface area contributed by atoms with Gasteiger partial charge in [0.2, 0.25) is 0 Å². The van der Waals surface area contributed by atoms with Crippen LogP contribution in [0.4, 0.5) is 11.4 Å². The molecule has 1 saturated heterocycles. The SMILES string of the molecule is COc1ccc(NS(=O)(=O)c2ccc3oc(=S)n(CN4CCN(c5cccc(C)c5C)CC4)c3c2)cc1. The van der Waals surface area contributed by atoms with Crippen molar-refractivity contribution in [3.05, 3.63) is 76.6 Å². The third-order valence-electron chi connectivity index (χ3n) is 6.92. The van der Waals surface area contributed by atoms with E-state index in [-0.39, 0.29) is 4.90 Å². The second-order valence-corrected chi connectivity index (χ2v) is 11.3. The number of methoxy groups -OCH3 is 1. The first-order valence-electron chi connectivity index (χ1n) is 12.1. The molecular formula is C27H30N4O4S2. The summed E-state index contributed by atoms with van der Waals surface area (Å²) in [4.78, 5) is 5.19. The number of hydrogen-bond donors (Lipinski definition) is 1. The lowest BCUT2D eigenvalue weighted by atomic mass is 10.1. The third kappa shape index (κ3) is 5.22. The molecule has 3 aromatic carbocycles. The van der Waals surface area contributed by atoms with Crippen molar-refractivity contribution < 1.29 is 17.6 Å². The third-order valence-corrected chi connectivity index (χ3v) is 8.60. The molecule has 194 valence electrons. The van der Waals surface area contributed by atoms with Crippen LogP contribution >= 0.6 is 12.2 Å². The Hall–Kier alpha value is -3.34. The molecule has 1 fully saturated rings. The van der Waals surface area contributed by atoms with E-state index in [2.05, 4.69) is 46.6 Å². The van der Waals surface area contributed by atoms with Crippen LogP contribution in [0, 0.1) is 18.7 Å². The van der Waals surface area contributed by atoms with Gasteiger partial charge in [-0.15, -0.1) is 0 Å². The number of hydrogen-bond acceptors (Lipinski definition) is 7. The van der Waals surface area contributed by atoms with E-state index in [0.717, 1.165) is 26.2 Å². The van der Waals surface area contributed by atoms with Gasteiger partial charge in [-0.25, -0.2) is 8.42 Å². The quantitative estimate of drug-likeness (QED) is 0.325. The fourth-order valence-electron chi connectivity index (χ4n) is 4.62. The lowest BCUT2D eigenvalue weighted by Gasteiger charge is -2.37. The van der Waals surface area contributed by atoms with Crippen LogP contribution in [0.1, 0.15) is 11.1 Å². The zero-order valence-corrected chi connectivity index (χ0v) is 22.7. The van der Waals surface area contributed by atoms with Gasteiger partial charge in [-0.2, -0.15) is 0 Å². The molecule has 0 bridgehead atoms. The summed E-state index contributed by atoms with van der Waals surface area (Å²) in [6.45, 7) is 8.36. The van der Waals surface area contributed by atoms with Crippen molar-refractivity contribution in [2.24, 2.45) is 0 Å². The van der Waals surface area contributed by atoms with Gasteiger partial charge in [-0.05, 0) is 85.7 Å². The maximum absolute atomic E-state index is 13.1. The van der Waals surface area contributed by atoms with Gasteiger partial charge in [0.25, 0.3) is 14.9 Å². The molecule has 0 saturated carbocycles. The number of nitrogens with zero attached hydrogens (tertiary/aromatic N) is 3. The molecule has 1 aliphatic rings. The Kier molecular flexibility index (Phi) is 6.98. The molecule has 0 atom stereocenters. The number of fused-ring (bicyclic) bond motifs is 1. The molecule has 10 heteroatoms. The van der Waals surface area contributed by atoms with Crippen LogP contribution in [0.15, 0.2) is 70.0 Å². The summed E-state index contributed by atoms with van der Waals surface area (Å²) in [6, 6.07) is 18.0. The van der Waals surface area contributed by atoms with Crippen molar-refractivity contribution in [3.8, 4) is 5.75 Å². The van der Waals surface area contributed by atoms with Crippen LogP contribution < -0.4 is 14.4 Å². The lowest BCUT2D eigenvalue weighted by Crippen LogP contribution is -2.47. The van der Waals surface area contributed by atoms with Gasteiger partial charge in [-0.1, -0.05) is 12.1 Å². The summed E-state index contributed by atoms with van der Waals surface area (Å²) < 4.78 is 41.6. The Morgan fingerprint density at radius 1 is 1.00 bits per heavy atom. The van der Waals surface area contributed by atoms with E-state index in [0.29, 0.717) is 34.0 Å². The highest BCUT2D eigenvalue weighted by Gasteiger charge is 2.22. The summed E-state index contributed by atoms with van der Waals surface area (Å²) in [5.74, 6) is 0.650. The minimum Gasteiger partial charge on any atom is -0.497 e. The van der Waals surface area contributed by atoms with Gasteiger partial charge >= 0.3 is 0 Å². The smallest absolute Gasteiger partial charge is 0.270 e. The number of nitrogens with one attached hydrogen (secondary N) is 1. The molecule has 1 N–H and O–H groups in total. The molecule has 0 unspecified atom stereocenters. The molecule has 0 radical (unpaired) electrons. The summed E-state index contributed by atoms with van der Waals surface area (Å²) >= 11 is 5.50. The molecule has 4 aromatic rings. The zero-order valence-electron chi connectivity index (χ0n) is 21.1. The highest BCUT2D eigenvalue weighted by molar-refractivity contribution is 7.92. The summed E-state index contributed by atoms with van der Waals surface area (Å²) in [7, 11) is -2.25. The fourth-order valence-corrected chi connectivity index (χ4v) is 5.95. The first kappa shape index (κ1) is 25.3. The van der Waals surface area contributed by atoms with Gasteiger partial charge in [0.05, 0.1) is 24.2 Å². The minimum atomic E-state index is -3.81. The highest BCUT2D eigenvalue weighted by atomic mass is 32.2. The molecule has 5 rings (SSSR count). The number of aromatic nitrogens is 1. The zero-order chi connectivity index (χ0) is 26.2. The van der Waals surface area contributed by atoms with Gasteiger partial charge in [0.15, 0.2) is 5.58 Å². The Morgan fingerprint density at radius 3 is 2.43 bits per heavy atom. The van der Waals surface area contributed by atoms with Crippen molar-refractivity contribution >= 4 is 44.7 Å². The molecular weight excluding hydrogens is 508 g/mol. The first-order chi connectivity index (χ1) is 17.7. The van der Waals surface area contributed by atoms with Crippen molar-refractivity contribution in [1.29, 1.82) is 0 Å². The van der Waals surface area contributed by atoms with Crippen molar-refractivity contribution in [1.82, 2.24) is 9.47 Å². The lowest BCUT2D eigenvalue weighted by molar-refractivity contribution is 0.204. The standard InChI is InChI=1S/C27H30N4O4S2/c1-19-5-4-6-24(20(19)2)30-15-13-29(14-16-30)18-31-25-17-23(11-12-26(25)35-27(31)36)37(32,33)28-21-7-9-22(34-3)10-8-21/h4-12,17,28H,13-16,18H2,1-3H3. The fraction of sp³-hybridized carbons (Fsp3) is 0.296. The van der Waals surface area contributed by atoms with Crippen LogP contribution in [-0.2, 0) is 16.7 Å². The summed E-state index contributed by atoms with van der Waals surface area (Å²) in [6.07, 6.45) is 0. The first-order valence-corrected chi connectivity index (χ1v) is 14.0. The second kappa shape index (κ2) is 10.2. The van der Waals surface area contributed by atoms with E-state index in [1.54, 1.807) is 43.5 Å². The number of anilines is 2. The minimum absolute atomic E-state index is 0.139. The number of benzene rings is 3. The average Bonchev–Trinajstić information content (AvgIpc) is 3.20. The normalized spacial score (nSPS) is 14.7. The van der Waals surface area contributed by atoms with Crippen LogP contribution in [0.25, 0.3) is 11.1 Å². The second-order valence-electron chi connectivity index (χ2n) is 9.23. The molecule has 37 heavy (non-hydrogen) atoms. The largest absolute Gasteiger partial charge is 0.497 e. The van der Waals surface area contributed by atoms with Gasteiger partial charge in [0.1, 0.15) is 5.75 Å². The number of sulfonamides is 1. The number of rotatable bonds is 7. The Labute approximate surface area is 222 Å². The average molecular weight is 539 g/mol. The summed E-state index contributed by atoms with van der Waals surface area (Å²) in [5.41, 5.74) is 5.55. The van der Waals surface area contributed by atoms with Crippen LogP contribution in [0.2, 0.25) is 0 Å². The molecule has 0 aliphatic carbocycles. The predicted molar refractivity (Wildman–Crippen MR) is 149 cm³/mol. The molecule has 1 aliphatic heterocycles. The number of ether oxygens (including phenoxy) is 1. The molecule has 1 aromatic heterocycles. The van der Waals surface area contributed by atoms with Crippen molar-refractivity contribution in [2.75, 3.05) is 42.9 Å². The van der Waals surface area contributed by atoms with Gasteiger partial charge in [-0.3, -0.25) is 14.2 Å². The molecule has 0 spiro atoms. The van der Waals surface area contributed by atoms with E-state index in [1.807, 2.05) is 4.57 Å². The number of aryl methyl sites for hydroxylation is 1. The van der Waals surface area contributed by atoms with Crippen LogP contribution in [-0.4, -0.2) is 51.2 Å². The topological polar surface area (TPSA) is 79.9 Å². The van der Waals surface area contributed by atoms with E-state index < -0.39 is 10.0 Å². The van der Waals surface area contributed by atoms with Crippen LogP contribution in [0.5, 0.6) is 5.75 Å². The highest BCUT2D eigenvalue weighted by Crippen LogP contribution is 2.26. The maximum Gasteiger partial charge on any atom is 0.270 e. The Bertz CT molecular complexity index is 1590. The van der Waals surface area contributed by atoms with Gasteiger partial charge in [0, 0.05) is 37.6 Å². The van der Waals surface area contributed by atoms with Gasteiger partial charge < -0.3 is 14.1 Å². The van der Waals surface area contributed by atoms with Crippen LogP contribution in [0.3, 0.4) is 0 Å². The number of oxazole rings is 1. The monoisotopic (exact) mass is 538 g/mol. The van der Waals surface area contributed by atoms with Crippen molar-refractivity contribution in [3.63, 3.8) is 0 Å².